The first kappa shape index (κ1) is 35.8. The van der Waals surface area contributed by atoms with Crippen LogP contribution in [0, 0.1) is 11.7 Å². The highest BCUT2D eigenvalue weighted by atomic mass is 19.1. The largest absolute Gasteiger partial charge is 0.491 e. The molecule has 0 aliphatic heterocycles. The number of carbonyl (C=O) groups is 1. The molecule has 0 saturated carbocycles. The van der Waals surface area contributed by atoms with Gasteiger partial charge in [-0.1, -0.05) is 47.1 Å². The van der Waals surface area contributed by atoms with E-state index in [1.54, 1.807) is 26.3 Å². The molecule has 7 nitrogen and oxygen atoms in total. The minimum atomic E-state index is -0.454. The van der Waals surface area contributed by atoms with Gasteiger partial charge in [0.15, 0.2) is 0 Å². The van der Waals surface area contributed by atoms with Gasteiger partial charge in [-0.25, -0.2) is 4.39 Å². The van der Waals surface area contributed by atoms with Crippen LogP contribution in [0.3, 0.4) is 0 Å². The minimum Gasteiger partial charge on any atom is -0.491 e. The molecule has 2 aromatic carbocycles. The van der Waals surface area contributed by atoms with Crippen LogP contribution in [0.2, 0.25) is 0 Å². The fourth-order valence-corrected chi connectivity index (χ4v) is 2.84. The third-order valence-electron chi connectivity index (χ3n) is 5.16. The highest BCUT2D eigenvalue weighted by Gasteiger charge is 2.15. The Morgan fingerprint density at radius 3 is 2.23 bits per heavy atom. The van der Waals surface area contributed by atoms with E-state index in [1.165, 1.54) is 18.9 Å². The van der Waals surface area contributed by atoms with Gasteiger partial charge in [-0.05, 0) is 43.5 Å². The Kier molecular flexibility index (Phi) is 20.8. The Balaban J connectivity index is 0.000000923. The fraction of sp³-hybridized carbons (Fsp3) is 0.484. The summed E-state index contributed by atoms with van der Waals surface area (Å²) in [6.45, 7) is 16.1. The van der Waals surface area contributed by atoms with Crippen LogP contribution in [0.5, 0.6) is 5.75 Å². The normalized spacial score (nSPS) is 10.3. The van der Waals surface area contributed by atoms with Crippen molar-refractivity contribution in [2.24, 2.45) is 10.9 Å². The standard InChI is InChI=1S/C20H24FN3O2.C7H14O2.C4H10/c1-5-23-19-13-17(26-11-10-25-4)12-18(21)20(19)14(2)24-16-8-6-15(22-3)7-9-16;1-7(2)3-5-9-6-4-8;1-3-4-2/h5-9,12-13,22,24H,2,10-11H2,1,3-4H3;4,7H,3,5-6H2,1-2H3;3-4H2,1-2H3. The van der Waals surface area contributed by atoms with Crippen molar-refractivity contribution in [1.82, 2.24) is 0 Å². The molecule has 0 amide bonds. The summed E-state index contributed by atoms with van der Waals surface area (Å²) in [5, 5.41) is 6.17. The van der Waals surface area contributed by atoms with Crippen molar-refractivity contribution >= 4 is 35.3 Å². The molecule has 0 aliphatic rings. The molecule has 0 saturated heterocycles. The number of benzene rings is 2. The molecule has 0 aromatic heterocycles. The second-order valence-corrected chi connectivity index (χ2v) is 8.88. The number of anilines is 2. The van der Waals surface area contributed by atoms with Gasteiger partial charge >= 0.3 is 0 Å². The summed E-state index contributed by atoms with van der Waals surface area (Å²) in [5.74, 6) is 0.608. The number of halogens is 1. The number of nitrogens with one attached hydrogen (secondary N) is 2. The van der Waals surface area contributed by atoms with E-state index in [2.05, 4.69) is 49.9 Å². The van der Waals surface area contributed by atoms with Gasteiger partial charge in [0.05, 0.1) is 17.9 Å². The quantitative estimate of drug-likeness (QED) is 0.135. The van der Waals surface area contributed by atoms with Crippen LogP contribution in [0.1, 0.15) is 59.4 Å². The summed E-state index contributed by atoms with van der Waals surface area (Å²) >= 11 is 0. The van der Waals surface area contributed by atoms with E-state index in [-0.39, 0.29) is 6.61 Å². The van der Waals surface area contributed by atoms with Crippen molar-refractivity contribution in [3.8, 4) is 5.75 Å². The van der Waals surface area contributed by atoms with Gasteiger partial charge in [-0.15, -0.1) is 0 Å². The molecule has 0 unspecified atom stereocenters. The van der Waals surface area contributed by atoms with Gasteiger partial charge in [0, 0.05) is 56.2 Å². The number of aldehydes is 1. The smallest absolute Gasteiger partial charge is 0.145 e. The Morgan fingerprint density at radius 2 is 1.72 bits per heavy atom. The van der Waals surface area contributed by atoms with E-state index in [1.807, 2.05) is 31.3 Å². The van der Waals surface area contributed by atoms with Crippen molar-refractivity contribution in [2.45, 2.75) is 53.9 Å². The molecule has 0 radical (unpaired) electrons. The first-order chi connectivity index (χ1) is 18.8. The van der Waals surface area contributed by atoms with Crippen LogP contribution in [-0.4, -0.2) is 53.1 Å². The minimum absolute atomic E-state index is 0.243. The molecule has 0 aliphatic carbocycles. The van der Waals surface area contributed by atoms with Crippen LogP contribution >= 0.6 is 0 Å². The van der Waals surface area contributed by atoms with Gasteiger partial charge in [0.1, 0.15) is 31.1 Å². The molecule has 0 heterocycles. The first-order valence-electron chi connectivity index (χ1n) is 13.5. The van der Waals surface area contributed by atoms with E-state index in [9.17, 15) is 9.18 Å². The van der Waals surface area contributed by atoms with Gasteiger partial charge < -0.3 is 29.6 Å². The maximum absolute atomic E-state index is 14.7. The van der Waals surface area contributed by atoms with E-state index in [4.69, 9.17) is 14.2 Å². The Hall–Kier alpha value is -3.23. The molecule has 0 bridgehead atoms. The third-order valence-corrected chi connectivity index (χ3v) is 5.16. The van der Waals surface area contributed by atoms with Gasteiger partial charge in [-0.2, -0.15) is 0 Å². The number of unbranched alkanes of at least 4 members (excludes halogenated alkanes) is 1. The molecule has 2 N–H and O–H groups in total. The molecule has 0 fully saturated rings. The summed E-state index contributed by atoms with van der Waals surface area (Å²) in [6.07, 6.45) is 6.06. The van der Waals surface area contributed by atoms with Crippen molar-refractivity contribution in [3.05, 3.63) is 54.4 Å². The van der Waals surface area contributed by atoms with E-state index < -0.39 is 5.82 Å². The number of aliphatic imine (C=N–C) groups is 1. The molecule has 0 atom stereocenters. The van der Waals surface area contributed by atoms with Crippen molar-refractivity contribution < 1.29 is 23.4 Å². The SMILES string of the molecule is C=C(Nc1ccc(NC)cc1)c1c(F)cc(OCCOC)cc1N=CC.CC(C)CCOCC=O.CCCC. The summed E-state index contributed by atoms with van der Waals surface area (Å²) in [7, 11) is 3.43. The fourth-order valence-electron chi connectivity index (χ4n) is 2.84. The molecule has 218 valence electrons. The number of methoxy groups -OCH3 is 1. The lowest BCUT2D eigenvalue weighted by Crippen LogP contribution is -2.06. The topological polar surface area (TPSA) is 81.2 Å². The lowest BCUT2D eigenvalue weighted by molar-refractivity contribution is -0.111. The predicted octanol–water partition coefficient (Wildman–Crippen LogP) is 7.75. The second kappa shape index (κ2) is 22.7. The number of nitrogens with zero attached hydrogens (tertiary/aromatic N) is 1. The molecule has 2 aromatic rings. The molecule has 2 rings (SSSR count). The third kappa shape index (κ3) is 16.4. The first-order valence-corrected chi connectivity index (χ1v) is 13.5. The van der Waals surface area contributed by atoms with Crippen LogP contribution in [0.15, 0.2) is 48.0 Å². The zero-order valence-electron chi connectivity index (χ0n) is 24.8. The van der Waals surface area contributed by atoms with E-state index in [0.29, 0.717) is 48.4 Å². The highest BCUT2D eigenvalue weighted by molar-refractivity contribution is 5.83. The lowest BCUT2D eigenvalue weighted by Gasteiger charge is -2.15. The number of rotatable bonds is 15. The summed E-state index contributed by atoms with van der Waals surface area (Å²) in [6, 6.07) is 10.6. The zero-order chi connectivity index (χ0) is 29.5. The van der Waals surface area contributed by atoms with Gasteiger partial charge in [0.25, 0.3) is 0 Å². The molecular formula is C31H48FN3O4. The summed E-state index contributed by atoms with van der Waals surface area (Å²) in [4.78, 5) is 14.0. The highest BCUT2D eigenvalue weighted by Crippen LogP contribution is 2.33. The second-order valence-electron chi connectivity index (χ2n) is 8.88. The molecular weight excluding hydrogens is 497 g/mol. The predicted molar refractivity (Wildman–Crippen MR) is 163 cm³/mol. The van der Waals surface area contributed by atoms with Crippen molar-refractivity contribution in [1.29, 1.82) is 0 Å². The monoisotopic (exact) mass is 545 g/mol. The maximum atomic E-state index is 14.7. The molecule has 8 heteroatoms. The number of carbonyl (C=O) groups excluding carboxylic acids is 1. The Labute approximate surface area is 234 Å². The van der Waals surface area contributed by atoms with Crippen LogP contribution < -0.4 is 15.4 Å². The Bertz CT molecular complexity index is 961. The maximum Gasteiger partial charge on any atom is 0.145 e. The molecule has 39 heavy (non-hydrogen) atoms. The summed E-state index contributed by atoms with van der Waals surface area (Å²) in [5.41, 5.74) is 2.97. The van der Waals surface area contributed by atoms with Crippen molar-refractivity contribution in [3.63, 3.8) is 0 Å². The van der Waals surface area contributed by atoms with Gasteiger partial charge in [-0.3, -0.25) is 4.99 Å². The number of hydrogen-bond donors (Lipinski definition) is 2. The Morgan fingerprint density at radius 1 is 1.08 bits per heavy atom. The zero-order valence-corrected chi connectivity index (χ0v) is 24.8. The average Bonchev–Trinajstić information content (AvgIpc) is 2.92. The van der Waals surface area contributed by atoms with Crippen LogP contribution in [-0.2, 0) is 14.3 Å². The molecule has 0 spiro atoms. The van der Waals surface area contributed by atoms with E-state index in [0.717, 1.165) is 24.1 Å². The van der Waals surface area contributed by atoms with Gasteiger partial charge in [0.2, 0.25) is 0 Å². The van der Waals surface area contributed by atoms with Crippen molar-refractivity contribution in [2.75, 3.05) is 51.2 Å². The number of hydrogen-bond acceptors (Lipinski definition) is 7. The van der Waals surface area contributed by atoms with Crippen LogP contribution in [0.4, 0.5) is 21.5 Å². The summed E-state index contributed by atoms with van der Waals surface area (Å²) < 4.78 is 30.1. The van der Waals surface area contributed by atoms with E-state index >= 15 is 0 Å². The average molecular weight is 546 g/mol. The van der Waals surface area contributed by atoms with Crippen LogP contribution in [0.25, 0.3) is 5.70 Å². The lowest BCUT2D eigenvalue weighted by atomic mass is 10.1. The number of ether oxygens (including phenoxy) is 3.